The first kappa shape index (κ1) is 14.9. The van der Waals surface area contributed by atoms with E-state index >= 15 is 0 Å². The number of hydrogen-bond acceptors (Lipinski definition) is 4. The fourth-order valence-electron chi connectivity index (χ4n) is 3.32. The molecule has 1 fully saturated rings. The number of aliphatic hydroxyl groups is 1. The number of carbonyl (C=O) groups excluding carboxylic acids is 1. The van der Waals surface area contributed by atoms with Gasteiger partial charge in [-0.05, 0) is 32.1 Å². The smallest absolute Gasteiger partial charge is 0.231 e. The Balaban J connectivity index is 1.78. The molecule has 1 amide bonds. The third-order valence-corrected chi connectivity index (χ3v) is 5.43. The first-order valence-corrected chi connectivity index (χ1v) is 8.40. The maximum atomic E-state index is 12.9. The summed E-state index contributed by atoms with van der Waals surface area (Å²) in [5.74, 6) is 0.941. The number of aliphatic hydroxyl groups excluding tert-OH is 1. The summed E-state index contributed by atoms with van der Waals surface area (Å²) in [5.41, 5.74) is 1.15. The fourth-order valence-corrected chi connectivity index (χ4v) is 4.54. The predicted molar refractivity (Wildman–Crippen MR) is 84.6 cm³/mol. The number of benzene rings is 1. The second-order valence-electron chi connectivity index (χ2n) is 6.20. The molecule has 0 bridgehead atoms. The zero-order valence-corrected chi connectivity index (χ0v) is 13.3. The minimum absolute atomic E-state index is 0.0545. The molecular formula is C16H22N2O2S. The summed E-state index contributed by atoms with van der Waals surface area (Å²) in [6.07, 6.45) is 0.300. The molecule has 2 aliphatic heterocycles. The normalized spacial score (nSPS) is 28.2. The SMILES string of the molecule is CN(C)CC1CC(O)CN1C(=O)C1CSc2ccccc21. The van der Waals surface area contributed by atoms with Crippen molar-refractivity contribution in [3.63, 3.8) is 0 Å². The highest BCUT2D eigenvalue weighted by atomic mass is 32.2. The number of carbonyl (C=O) groups is 1. The van der Waals surface area contributed by atoms with Crippen LogP contribution in [0.25, 0.3) is 0 Å². The molecule has 1 aromatic rings. The van der Waals surface area contributed by atoms with Crippen LogP contribution in [0.1, 0.15) is 17.9 Å². The standard InChI is InChI=1S/C16H22N2O2S/c1-17(2)8-11-7-12(19)9-18(11)16(20)14-10-21-15-6-4-3-5-13(14)15/h3-6,11-12,14,19H,7-10H2,1-2H3. The molecule has 2 aliphatic rings. The molecule has 3 unspecified atom stereocenters. The van der Waals surface area contributed by atoms with Gasteiger partial charge in [-0.25, -0.2) is 0 Å². The van der Waals surface area contributed by atoms with Crippen molar-refractivity contribution in [3.8, 4) is 0 Å². The molecule has 1 saturated heterocycles. The van der Waals surface area contributed by atoms with Crippen molar-refractivity contribution >= 4 is 17.7 Å². The van der Waals surface area contributed by atoms with Crippen LogP contribution in [-0.4, -0.2) is 65.9 Å². The van der Waals surface area contributed by atoms with Gasteiger partial charge < -0.3 is 14.9 Å². The number of likely N-dealkylation sites (N-methyl/N-ethyl adjacent to an activating group) is 1. The first-order valence-electron chi connectivity index (χ1n) is 7.41. The molecule has 0 aliphatic carbocycles. The predicted octanol–water partition coefficient (Wildman–Crippen LogP) is 1.40. The van der Waals surface area contributed by atoms with Crippen molar-refractivity contribution < 1.29 is 9.90 Å². The quantitative estimate of drug-likeness (QED) is 0.917. The van der Waals surface area contributed by atoms with Gasteiger partial charge in [0.2, 0.25) is 5.91 Å². The lowest BCUT2D eigenvalue weighted by Crippen LogP contribution is -2.43. The van der Waals surface area contributed by atoms with Gasteiger partial charge in [0.25, 0.3) is 0 Å². The highest BCUT2D eigenvalue weighted by Crippen LogP contribution is 2.41. The largest absolute Gasteiger partial charge is 0.391 e. The van der Waals surface area contributed by atoms with Gasteiger partial charge in [-0.1, -0.05) is 18.2 Å². The number of amides is 1. The van der Waals surface area contributed by atoms with Crippen LogP contribution in [0.2, 0.25) is 0 Å². The minimum atomic E-state index is -0.386. The van der Waals surface area contributed by atoms with Crippen LogP contribution < -0.4 is 0 Å². The number of nitrogens with zero attached hydrogens (tertiary/aromatic N) is 2. The van der Waals surface area contributed by atoms with E-state index in [9.17, 15) is 9.90 Å². The Labute approximate surface area is 130 Å². The Kier molecular flexibility index (Phi) is 4.24. The molecule has 1 N–H and O–H groups in total. The molecule has 5 heteroatoms. The highest BCUT2D eigenvalue weighted by Gasteiger charge is 2.39. The Morgan fingerprint density at radius 1 is 1.43 bits per heavy atom. The first-order chi connectivity index (χ1) is 10.1. The molecular weight excluding hydrogens is 284 g/mol. The van der Waals surface area contributed by atoms with E-state index in [4.69, 9.17) is 0 Å². The Hall–Kier alpha value is -1.04. The van der Waals surface area contributed by atoms with Gasteiger partial charge in [0.1, 0.15) is 0 Å². The van der Waals surface area contributed by atoms with E-state index < -0.39 is 0 Å². The second-order valence-corrected chi connectivity index (χ2v) is 7.26. The maximum Gasteiger partial charge on any atom is 0.231 e. The zero-order chi connectivity index (χ0) is 15.0. The van der Waals surface area contributed by atoms with Crippen LogP contribution in [0.15, 0.2) is 29.2 Å². The number of thioether (sulfide) groups is 1. The molecule has 0 aromatic heterocycles. The molecule has 21 heavy (non-hydrogen) atoms. The van der Waals surface area contributed by atoms with Crippen LogP contribution in [0.3, 0.4) is 0 Å². The Bertz CT molecular complexity index is 535. The van der Waals surface area contributed by atoms with Gasteiger partial charge >= 0.3 is 0 Å². The van der Waals surface area contributed by atoms with Crippen LogP contribution >= 0.6 is 11.8 Å². The van der Waals surface area contributed by atoms with E-state index in [0.29, 0.717) is 13.0 Å². The van der Waals surface area contributed by atoms with Gasteiger partial charge in [-0.15, -0.1) is 11.8 Å². The van der Waals surface area contributed by atoms with Crippen molar-refractivity contribution in [2.45, 2.75) is 29.4 Å². The summed E-state index contributed by atoms with van der Waals surface area (Å²) in [5, 5.41) is 9.95. The van der Waals surface area contributed by atoms with Crippen molar-refractivity contribution in [2.75, 3.05) is 32.9 Å². The zero-order valence-electron chi connectivity index (χ0n) is 12.5. The van der Waals surface area contributed by atoms with Gasteiger partial charge in [0, 0.05) is 29.8 Å². The summed E-state index contributed by atoms with van der Waals surface area (Å²) in [7, 11) is 4.02. The van der Waals surface area contributed by atoms with Crippen molar-refractivity contribution in [1.82, 2.24) is 9.80 Å². The summed E-state index contributed by atoms with van der Waals surface area (Å²) in [4.78, 5) is 18.1. The van der Waals surface area contributed by atoms with E-state index in [1.54, 1.807) is 11.8 Å². The molecule has 0 radical (unpaired) electrons. The van der Waals surface area contributed by atoms with E-state index in [1.807, 2.05) is 31.1 Å². The highest BCUT2D eigenvalue weighted by molar-refractivity contribution is 7.99. The number of hydrogen-bond donors (Lipinski definition) is 1. The monoisotopic (exact) mass is 306 g/mol. The summed E-state index contributed by atoms with van der Waals surface area (Å²) < 4.78 is 0. The molecule has 1 aromatic carbocycles. The van der Waals surface area contributed by atoms with Crippen LogP contribution in [0, 0.1) is 0 Å². The Morgan fingerprint density at radius 3 is 2.95 bits per heavy atom. The summed E-state index contributed by atoms with van der Waals surface area (Å²) >= 11 is 1.76. The second kappa shape index (κ2) is 5.99. The number of rotatable bonds is 3. The average Bonchev–Trinajstić information content (AvgIpc) is 3.01. The van der Waals surface area contributed by atoms with E-state index in [0.717, 1.165) is 17.9 Å². The van der Waals surface area contributed by atoms with Gasteiger partial charge in [0.05, 0.1) is 12.0 Å². The van der Waals surface area contributed by atoms with Gasteiger partial charge in [-0.2, -0.15) is 0 Å². The average molecular weight is 306 g/mol. The van der Waals surface area contributed by atoms with Crippen LogP contribution in [0.4, 0.5) is 0 Å². The molecule has 0 spiro atoms. The van der Waals surface area contributed by atoms with Crippen LogP contribution in [0.5, 0.6) is 0 Å². The number of fused-ring (bicyclic) bond motifs is 1. The third-order valence-electron chi connectivity index (χ3n) is 4.25. The van der Waals surface area contributed by atoms with E-state index in [-0.39, 0.29) is 24.0 Å². The van der Waals surface area contributed by atoms with Crippen molar-refractivity contribution in [2.24, 2.45) is 0 Å². The van der Waals surface area contributed by atoms with Crippen LogP contribution in [-0.2, 0) is 4.79 Å². The fraction of sp³-hybridized carbons (Fsp3) is 0.562. The molecule has 3 rings (SSSR count). The Morgan fingerprint density at radius 2 is 2.19 bits per heavy atom. The van der Waals surface area contributed by atoms with Crippen molar-refractivity contribution in [3.05, 3.63) is 29.8 Å². The lowest BCUT2D eigenvalue weighted by molar-refractivity contribution is -0.133. The molecule has 2 heterocycles. The number of β-amino-alcohol motifs (C(OH)–C–C–N with tert-alkyl or cyclic N) is 1. The molecule has 114 valence electrons. The van der Waals surface area contributed by atoms with Gasteiger partial charge in [-0.3, -0.25) is 4.79 Å². The van der Waals surface area contributed by atoms with E-state index in [1.165, 1.54) is 4.90 Å². The minimum Gasteiger partial charge on any atom is -0.391 e. The summed E-state index contributed by atoms with van der Waals surface area (Å²) in [6, 6.07) is 8.29. The molecule has 0 saturated carbocycles. The van der Waals surface area contributed by atoms with E-state index in [2.05, 4.69) is 17.0 Å². The topological polar surface area (TPSA) is 43.8 Å². The molecule has 3 atom stereocenters. The summed E-state index contributed by atoms with van der Waals surface area (Å²) in [6.45, 7) is 1.28. The van der Waals surface area contributed by atoms with Crippen molar-refractivity contribution in [1.29, 1.82) is 0 Å². The lowest BCUT2D eigenvalue weighted by Gasteiger charge is -2.29. The third kappa shape index (κ3) is 2.96. The molecule has 4 nitrogen and oxygen atoms in total. The number of likely N-dealkylation sites (tertiary alicyclic amines) is 1. The van der Waals surface area contributed by atoms with Gasteiger partial charge in [0.15, 0.2) is 0 Å². The maximum absolute atomic E-state index is 12.9. The lowest BCUT2D eigenvalue weighted by atomic mass is 9.99.